The molecule has 2 aliphatic rings. The zero-order chi connectivity index (χ0) is 13.9. The van der Waals surface area contributed by atoms with E-state index in [9.17, 15) is 8.42 Å². The van der Waals surface area contributed by atoms with Gasteiger partial charge in [-0.05, 0) is 45.7 Å². The molecule has 2 rings (SSSR count). The number of hydrogen-bond acceptors (Lipinski definition) is 4. The van der Waals surface area contributed by atoms with Crippen LogP contribution in [0.4, 0.5) is 0 Å². The van der Waals surface area contributed by atoms with E-state index in [1.165, 1.54) is 19.3 Å². The van der Waals surface area contributed by atoms with Crippen molar-refractivity contribution >= 4 is 10.0 Å². The molecule has 0 aromatic carbocycles. The molecule has 0 bridgehead atoms. The van der Waals surface area contributed by atoms with Crippen LogP contribution in [0.2, 0.25) is 0 Å². The highest BCUT2D eigenvalue weighted by Crippen LogP contribution is 2.19. The highest BCUT2D eigenvalue weighted by atomic mass is 32.2. The van der Waals surface area contributed by atoms with Crippen LogP contribution in [0.25, 0.3) is 0 Å². The van der Waals surface area contributed by atoms with Gasteiger partial charge in [0.25, 0.3) is 0 Å². The largest absolute Gasteiger partial charge is 0.313 e. The Morgan fingerprint density at radius 2 is 2.05 bits per heavy atom. The molecule has 1 aliphatic carbocycles. The van der Waals surface area contributed by atoms with Crippen LogP contribution in [0.5, 0.6) is 0 Å². The monoisotopic (exact) mass is 289 g/mol. The highest BCUT2D eigenvalue weighted by molar-refractivity contribution is 7.90. The zero-order valence-electron chi connectivity index (χ0n) is 12.1. The third kappa shape index (κ3) is 4.41. The van der Waals surface area contributed by atoms with E-state index in [0.717, 1.165) is 19.5 Å². The van der Waals surface area contributed by atoms with Gasteiger partial charge in [-0.25, -0.2) is 13.1 Å². The number of sulfonamides is 1. The van der Waals surface area contributed by atoms with Gasteiger partial charge in [0.05, 0.1) is 5.25 Å². The summed E-state index contributed by atoms with van der Waals surface area (Å²) in [5.74, 6) is 0. The van der Waals surface area contributed by atoms with E-state index < -0.39 is 10.0 Å². The number of rotatable bonds is 8. The van der Waals surface area contributed by atoms with E-state index in [-0.39, 0.29) is 5.25 Å². The summed E-state index contributed by atoms with van der Waals surface area (Å²) in [6.45, 7) is 7.14. The maximum absolute atomic E-state index is 12.1. The summed E-state index contributed by atoms with van der Waals surface area (Å²) in [5, 5.41) is 2.92. The maximum Gasteiger partial charge on any atom is 0.215 e. The molecule has 2 fully saturated rings. The van der Waals surface area contributed by atoms with Crippen molar-refractivity contribution in [3.63, 3.8) is 0 Å². The molecular weight excluding hydrogens is 262 g/mol. The molecule has 0 radical (unpaired) electrons. The molecule has 0 aromatic rings. The molecule has 0 amide bonds. The number of likely N-dealkylation sites (N-methyl/N-ethyl adjacent to an activating group) is 1. The molecule has 19 heavy (non-hydrogen) atoms. The van der Waals surface area contributed by atoms with Crippen molar-refractivity contribution in [2.75, 3.05) is 26.2 Å². The number of hydrogen-bond donors (Lipinski definition) is 2. The third-order valence-electron chi connectivity index (χ3n) is 4.23. The molecule has 6 heteroatoms. The lowest BCUT2D eigenvalue weighted by Gasteiger charge is -2.24. The van der Waals surface area contributed by atoms with Crippen LogP contribution in [0.15, 0.2) is 0 Å². The van der Waals surface area contributed by atoms with Gasteiger partial charge in [-0.15, -0.1) is 0 Å². The first-order valence-electron chi connectivity index (χ1n) is 7.49. The maximum atomic E-state index is 12.1. The average molecular weight is 289 g/mol. The fraction of sp³-hybridized carbons (Fsp3) is 1.00. The first-order valence-corrected chi connectivity index (χ1v) is 9.03. The van der Waals surface area contributed by atoms with Crippen LogP contribution in [-0.4, -0.2) is 56.8 Å². The molecule has 2 N–H and O–H groups in total. The van der Waals surface area contributed by atoms with E-state index in [1.807, 2.05) is 0 Å². The van der Waals surface area contributed by atoms with Crippen LogP contribution in [0, 0.1) is 0 Å². The van der Waals surface area contributed by atoms with Crippen molar-refractivity contribution in [1.82, 2.24) is 14.9 Å². The molecule has 1 heterocycles. The quantitative estimate of drug-likeness (QED) is 0.684. The standard InChI is InChI=1S/C13H27N3O2S/c1-3-16-8-4-5-13(16)10-15-19(17,18)11(2)9-14-12-6-7-12/h11-15H,3-10H2,1-2H3. The van der Waals surface area contributed by atoms with Gasteiger partial charge >= 0.3 is 0 Å². The van der Waals surface area contributed by atoms with Crippen LogP contribution in [0.3, 0.4) is 0 Å². The summed E-state index contributed by atoms with van der Waals surface area (Å²) < 4.78 is 27.1. The minimum atomic E-state index is -3.19. The molecule has 0 spiro atoms. The van der Waals surface area contributed by atoms with Gasteiger partial charge in [0, 0.05) is 25.2 Å². The second kappa shape index (κ2) is 6.52. The van der Waals surface area contributed by atoms with E-state index >= 15 is 0 Å². The minimum absolute atomic E-state index is 0.357. The minimum Gasteiger partial charge on any atom is -0.313 e. The summed E-state index contributed by atoms with van der Waals surface area (Å²) in [5.41, 5.74) is 0. The average Bonchev–Trinajstić information content (AvgIpc) is 3.10. The molecule has 2 unspecified atom stereocenters. The second-order valence-electron chi connectivity index (χ2n) is 5.81. The summed E-state index contributed by atoms with van der Waals surface area (Å²) in [4.78, 5) is 2.36. The Morgan fingerprint density at radius 1 is 1.32 bits per heavy atom. The molecule has 112 valence electrons. The Hall–Kier alpha value is -0.170. The number of nitrogens with one attached hydrogen (secondary N) is 2. The van der Waals surface area contributed by atoms with Gasteiger partial charge in [-0.3, -0.25) is 4.90 Å². The molecule has 5 nitrogen and oxygen atoms in total. The van der Waals surface area contributed by atoms with Crippen molar-refractivity contribution in [2.45, 2.75) is 56.9 Å². The number of likely N-dealkylation sites (tertiary alicyclic amines) is 1. The van der Waals surface area contributed by atoms with Crippen LogP contribution >= 0.6 is 0 Å². The summed E-state index contributed by atoms with van der Waals surface area (Å²) >= 11 is 0. The van der Waals surface area contributed by atoms with Gasteiger partial charge in [0.15, 0.2) is 0 Å². The van der Waals surface area contributed by atoms with Crippen LogP contribution in [-0.2, 0) is 10.0 Å². The lowest BCUT2D eigenvalue weighted by atomic mass is 10.2. The van der Waals surface area contributed by atoms with Crippen molar-refractivity contribution in [2.24, 2.45) is 0 Å². The van der Waals surface area contributed by atoms with E-state index in [2.05, 4.69) is 21.9 Å². The Kier molecular flexibility index (Phi) is 5.22. The van der Waals surface area contributed by atoms with Gasteiger partial charge in [0.2, 0.25) is 10.0 Å². The summed E-state index contributed by atoms with van der Waals surface area (Å²) in [7, 11) is -3.19. The molecule has 1 saturated carbocycles. The van der Waals surface area contributed by atoms with E-state index in [0.29, 0.717) is 25.2 Å². The fourth-order valence-electron chi connectivity index (χ4n) is 2.63. The van der Waals surface area contributed by atoms with Crippen molar-refractivity contribution in [3.05, 3.63) is 0 Å². The Bertz CT molecular complexity index is 381. The lowest BCUT2D eigenvalue weighted by molar-refractivity contribution is 0.268. The van der Waals surface area contributed by atoms with Crippen molar-refractivity contribution in [3.8, 4) is 0 Å². The van der Waals surface area contributed by atoms with Gasteiger partial charge < -0.3 is 5.32 Å². The Labute approximate surface area is 117 Å². The first kappa shape index (κ1) is 15.2. The summed E-state index contributed by atoms with van der Waals surface area (Å²) in [6.07, 6.45) is 4.66. The molecule has 0 aromatic heterocycles. The molecule has 2 atom stereocenters. The summed E-state index contributed by atoms with van der Waals surface area (Å²) in [6, 6.07) is 0.937. The molecule has 1 saturated heterocycles. The van der Waals surface area contributed by atoms with Gasteiger partial charge in [-0.1, -0.05) is 6.92 Å². The van der Waals surface area contributed by atoms with Gasteiger partial charge in [-0.2, -0.15) is 0 Å². The predicted octanol–water partition coefficient (Wildman–Crippen LogP) is 0.531. The molecule has 1 aliphatic heterocycles. The topological polar surface area (TPSA) is 61.4 Å². The lowest BCUT2D eigenvalue weighted by Crippen LogP contribution is -2.45. The smallest absolute Gasteiger partial charge is 0.215 e. The van der Waals surface area contributed by atoms with Crippen molar-refractivity contribution in [1.29, 1.82) is 0 Å². The molecular formula is C13H27N3O2S. The van der Waals surface area contributed by atoms with Crippen LogP contribution in [0.1, 0.15) is 39.5 Å². The SMILES string of the molecule is CCN1CCCC1CNS(=O)(=O)C(C)CNC1CC1. The van der Waals surface area contributed by atoms with E-state index in [4.69, 9.17) is 0 Å². The fourth-order valence-corrected chi connectivity index (χ4v) is 3.65. The van der Waals surface area contributed by atoms with Gasteiger partial charge in [0.1, 0.15) is 0 Å². The van der Waals surface area contributed by atoms with Crippen LogP contribution < -0.4 is 10.0 Å². The number of nitrogens with zero attached hydrogens (tertiary/aromatic N) is 1. The third-order valence-corrected chi connectivity index (χ3v) is 6.02. The normalized spacial score (nSPS) is 26.7. The van der Waals surface area contributed by atoms with Crippen molar-refractivity contribution < 1.29 is 8.42 Å². The predicted molar refractivity (Wildman–Crippen MR) is 77.7 cm³/mol. The Morgan fingerprint density at radius 3 is 2.68 bits per heavy atom. The Balaban J connectivity index is 1.75. The second-order valence-corrected chi connectivity index (χ2v) is 7.99. The van der Waals surface area contributed by atoms with E-state index in [1.54, 1.807) is 6.92 Å². The zero-order valence-corrected chi connectivity index (χ0v) is 12.9. The highest BCUT2D eigenvalue weighted by Gasteiger charge is 2.28. The first-order chi connectivity index (χ1) is 9.03.